The van der Waals surface area contributed by atoms with E-state index in [1.807, 2.05) is 41.3 Å². The molecule has 0 aromatic heterocycles. The summed E-state index contributed by atoms with van der Waals surface area (Å²) in [7, 11) is 3.26. The molecule has 0 saturated heterocycles. The van der Waals surface area contributed by atoms with Crippen LogP contribution in [-0.2, 0) is 17.8 Å². The van der Waals surface area contributed by atoms with Crippen molar-refractivity contribution in [1.82, 2.24) is 4.90 Å². The van der Waals surface area contributed by atoms with E-state index in [0.717, 1.165) is 23.4 Å². The van der Waals surface area contributed by atoms with Crippen molar-refractivity contribution in [2.75, 3.05) is 31.8 Å². The molecule has 1 heterocycles. The molecule has 6 heteroatoms. The topological polar surface area (TPSA) is 76.8 Å². The smallest absolute Gasteiger partial charge is 0.245 e. The Kier molecular flexibility index (Phi) is 5.91. The van der Waals surface area contributed by atoms with Crippen molar-refractivity contribution < 1.29 is 14.3 Å². The Morgan fingerprint density at radius 1 is 1.10 bits per heavy atom. The summed E-state index contributed by atoms with van der Waals surface area (Å²) in [5.41, 5.74) is 9.52. The maximum atomic E-state index is 13.5. The van der Waals surface area contributed by atoms with Crippen molar-refractivity contribution in [1.29, 1.82) is 0 Å². The number of nitrogens with zero attached hydrogens (tertiary/aromatic N) is 1. The molecule has 1 amide bonds. The van der Waals surface area contributed by atoms with Crippen LogP contribution in [0.15, 0.2) is 36.4 Å². The highest BCUT2D eigenvalue weighted by molar-refractivity contribution is 5.87. The summed E-state index contributed by atoms with van der Waals surface area (Å²) in [4.78, 5) is 15.4. The molecule has 0 spiro atoms. The van der Waals surface area contributed by atoms with Crippen LogP contribution in [0, 0.1) is 5.41 Å². The van der Waals surface area contributed by atoms with Gasteiger partial charge in [-0.3, -0.25) is 4.79 Å². The monoisotopic (exact) mass is 397 g/mol. The van der Waals surface area contributed by atoms with Gasteiger partial charge in [-0.1, -0.05) is 32.9 Å². The lowest BCUT2D eigenvalue weighted by Crippen LogP contribution is -2.50. The number of nitrogen functional groups attached to an aromatic ring is 1. The molecule has 6 nitrogen and oxygen atoms in total. The second-order valence-electron chi connectivity index (χ2n) is 8.52. The zero-order chi connectivity index (χ0) is 21.2. The van der Waals surface area contributed by atoms with E-state index in [9.17, 15) is 4.79 Å². The molecular weight excluding hydrogens is 366 g/mol. The first-order valence-corrected chi connectivity index (χ1v) is 9.88. The second kappa shape index (κ2) is 8.23. The average Bonchev–Trinajstić information content (AvgIpc) is 2.70. The fourth-order valence-electron chi connectivity index (χ4n) is 3.69. The number of hydrogen-bond acceptors (Lipinski definition) is 5. The van der Waals surface area contributed by atoms with Crippen LogP contribution in [0.25, 0.3) is 0 Å². The lowest BCUT2D eigenvalue weighted by molar-refractivity contribution is -0.135. The number of rotatable bonds is 5. The van der Waals surface area contributed by atoms with Crippen LogP contribution in [-0.4, -0.2) is 37.6 Å². The lowest BCUT2D eigenvalue weighted by atomic mass is 9.85. The van der Waals surface area contributed by atoms with Crippen molar-refractivity contribution in [3.63, 3.8) is 0 Å². The molecule has 0 unspecified atom stereocenters. The van der Waals surface area contributed by atoms with Gasteiger partial charge in [-0.15, -0.1) is 0 Å². The first kappa shape index (κ1) is 20.8. The minimum Gasteiger partial charge on any atom is -0.493 e. The molecule has 0 aliphatic carbocycles. The van der Waals surface area contributed by atoms with E-state index >= 15 is 0 Å². The third-order valence-electron chi connectivity index (χ3n) is 5.40. The Labute approximate surface area is 173 Å². The van der Waals surface area contributed by atoms with E-state index in [1.54, 1.807) is 14.2 Å². The Morgan fingerprint density at radius 2 is 1.72 bits per heavy atom. The summed E-state index contributed by atoms with van der Waals surface area (Å²) in [5.74, 6) is 1.48. The van der Waals surface area contributed by atoms with Gasteiger partial charge >= 0.3 is 0 Å². The van der Waals surface area contributed by atoms with Gasteiger partial charge in [0, 0.05) is 13.1 Å². The molecule has 1 aliphatic rings. The van der Waals surface area contributed by atoms with E-state index in [0.29, 0.717) is 24.5 Å². The summed E-state index contributed by atoms with van der Waals surface area (Å²) in [6, 6.07) is 11.1. The number of nitrogens with one attached hydrogen (secondary N) is 1. The minimum absolute atomic E-state index is 0.0705. The molecule has 156 valence electrons. The first-order chi connectivity index (χ1) is 13.7. The molecule has 1 atom stereocenters. The molecular formula is C23H31N3O3. The van der Waals surface area contributed by atoms with E-state index in [4.69, 9.17) is 15.2 Å². The van der Waals surface area contributed by atoms with Crippen LogP contribution < -0.4 is 20.5 Å². The van der Waals surface area contributed by atoms with Gasteiger partial charge in [0.1, 0.15) is 6.04 Å². The number of fused-ring (bicyclic) bond motifs is 1. The van der Waals surface area contributed by atoms with Crippen LogP contribution in [0.4, 0.5) is 11.4 Å². The molecule has 3 N–H and O–H groups in total. The van der Waals surface area contributed by atoms with Gasteiger partial charge in [-0.2, -0.15) is 0 Å². The standard InChI is InChI=1S/C23H31N3O3/c1-23(2,3)21(25-18-9-7-6-8-17(18)24)22(27)26-11-10-15-12-19(28-4)20(29-5)13-16(15)14-26/h6-9,12-13,21,25H,10-11,14,24H2,1-5H3/t21-/m1/s1. The Balaban J connectivity index is 1.85. The van der Waals surface area contributed by atoms with Gasteiger partial charge in [0.25, 0.3) is 0 Å². The number of hydrogen-bond donors (Lipinski definition) is 2. The number of ether oxygens (including phenoxy) is 2. The van der Waals surface area contributed by atoms with Gasteiger partial charge in [0.15, 0.2) is 11.5 Å². The van der Waals surface area contributed by atoms with Crippen molar-refractivity contribution in [3.8, 4) is 11.5 Å². The highest BCUT2D eigenvalue weighted by atomic mass is 16.5. The van der Waals surface area contributed by atoms with Crippen LogP contribution in [0.1, 0.15) is 31.9 Å². The normalized spacial score (nSPS) is 14.7. The summed E-state index contributed by atoms with van der Waals surface area (Å²) < 4.78 is 10.8. The van der Waals surface area contributed by atoms with Gasteiger partial charge in [-0.05, 0) is 47.2 Å². The van der Waals surface area contributed by atoms with E-state index < -0.39 is 6.04 Å². The zero-order valence-electron chi connectivity index (χ0n) is 17.9. The van der Waals surface area contributed by atoms with E-state index in [-0.39, 0.29) is 11.3 Å². The predicted octanol–water partition coefficient (Wildman–Crippen LogP) is 3.70. The fraction of sp³-hybridized carbons (Fsp3) is 0.435. The van der Waals surface area contributed by atoms with Gasteiger partial charge in [-0.25, -0.2) is 0 Å². The van der Waals surface area contributed by atoms with E-state index in [1.165, 1.54) is 5.56 Å². The maximum absolute atomic E-state index is 13.5. The SMILES string of the molecule is COc1cc2c(cc1OC)CN(C(=O)[C@@H](Nc1ccccc1N)C(C)(C)C)CC2. The van der Waals surface area contributed by atoms with Crippen LogP contribution in [0.5, 0.6) is 11.5 Å². The summed E-state index contributed by atoms with van der Waals surface area (Å²) in [6.45, 7) is 7.40. The lowest BCUT2D eigenvalue weighted by Gasteiger charge is -2.38. The molecule has 29 heavy (non-hydrogen) atoms. The third-order valence-corrected chi connectivity index (χ3v) is 5.40. The number of amides is 1. The van der Waals surface area contributed by atoms with Crippen LogP contribution in [0.3, 0.4) is 0 Å². The maximum Gasteiger partial charge on any atom is 0.245 e. The summed E-state index contributed by atoms with van der Waals surface area (Å²) >= 11 is 0. The molecule has 0 fully saturated rings. The number of nitrogens with two attached hydrogens (primary N) is 1. The number of methoxy groups -OCH3 is 2. The van der Waals surface area contributed by atoms with Crippen molar-refractivity contribution in [2.24, 2.45) is 5.41 Å². The highest BCUT2D eigenvalue weighted by Gasteiger charge is 2.36. The van der Waals surface area contributed by atoms with Crippen molar-refractivity contribution in [2.45, 2.75) is 39.8 Å². The molecule has 2 aromatic carbocycles. The first-order valence-electron chi connectivity index (χ1n) is 9.88. The molecule has 0 radical (unpaired) electrons. The fourth-order valence-corrected chi connectivity index (χ4v) is 3.69. The predicted molar refractivity (Wildman–Crippen MR) is 116 cm³/mol. The highest BCUT2D eigenvalue weighted by Crippen LogP contribution is 2.34. The minimum atomic E-state index is -0.395. The molecule has 3 rings (SSSR count). The number of anilines is 2. The molecule has 2 aromatic rings. The number of carbonyl (C=O) groups excluding carboxylic acids is 1. The Hall–Kier alpha value is -2.89. The number of carbonyl (C=O) groups is 1. The zero-order valence-corrected chi connectivity index (χ0v) is 17.9. The van der Waals surface area contributed by atoms with Crippen molar-refractivity contribution >= 4 is 17.3 Å². The summed E-state index contributed by atoms with van der Waals surface area (Å²) in [6.07, 6.45) is 0.783. The molecule has 0 bridgehead atoms. The Bertz CT molecular complexity index is 889. The summed E-state index contributed by atoms with van der Waals surface area (Å²) in [5, 5.41) is 3.39. The third kappa shape index (κ3) is 4.42. The van der Waals surface area contributed by atoms with Crippen molar-refractivity contribution in [3.05, 3.63) is 47.5 Å². The second-order valence-corrected chi connectivity index (χ2v) is 8.52. The van der Waals surface area contributed by atoms with Gasteiger partial charge in [0.2, 0.25) is 5.91 Å². The number of benzene rings is 2. The van der Waals surface area contributed by atoms with Crippen LogP contribution >= 0.6 is 0 Å². The largest absolute Gasteiger partial charge is 0.493 e. The van der Waals surface area contributed by atoms with Gasteiger partial charge < -0.3 is 25.4 Å². The quantitative estimate of drug-likeness (QED) is 0.753. The Morgan fingerprint density at radius 3 is 2.31 bits per heavy atom. The van der Waals surface area contributed by atoms with Crippen LogP contribution in [0.2, 0.25) is 0 Å². The van der Waals surface area contributed by atoms with E-state index in [2.05, 4.69) is 26.1 Å². The average molecular weight is 398 g/mol. The molecule has 1 aliphatic heterocycles. The van der Waals surface area contributed by atoms with Gasteiger partial charge in [0.05, 0.1) is 25.6 Å². The number of para-hydroxylation sites is 2. The molecule has 0 saturated carbocycles.